The highest BCUT2D eigenvalue weighted by atomic mass is 79.9. The molecule has 2 aliphatic rings. The lowest BCUT2D eigenvalue weighted by Gasteiger charge is -2.28. The second kappa shape index (κ2) is 5.62. The molecule has 0 unspecified atom stereocenters. The third-order valence-corrected chi connectivity index (χ3v) is 4.35. The number of hydrazone groups is 1. The van der Waals surface area contributed by atoms with Gasteiger partial charge in [-0.2, -0.15) is 5.10 Å². The van der Waals surface area contributed by atoms with E-state index in [0.717, 1.165) is 32.8 Å². The molecule has 0 saturated carbocycles. The van der Waals surface area contributed by atoms with E-state index in [1.165, 1.54) is 0 Å². The van der Waals surface area contributed by atoms with Crippen molar-refractivity contribution in [3.8, 4) is 0 Å². The summed E-state index contributed by atoms with van der Waals surface area (Å²) in [5.74, 6) is 0.630. The molecule has 0 aromatic heterocycles. The molecule has 0 atom stereocenters. The van der Waals surface area contributed by atoms with Gasteiger partial charge in [0, 0.05) is 15.6 Å². The number of amides is 1. The van der Waals surface area contributed by atoms with Gasteiger partial charge >= 0.3 is 0 Å². The fourth-order valence-corrected chi connectivity index (χ4v) is 3.17. The molecule has 0 bridgehead atoms. The number of carbonyl (C=O) groups is 1. The zero-order valence-electron chi connectivity index (χ0n) is 12.2. The molecule has 0 aliphatic carbocycles. The van der Waals surface area contributed by atoms with E-state index in [4.69, 9.17) is 4.99 Å². The molecule has 114 valence electrons. The Bertz CT molecular complexity index is 845. The van der Waals surface area contributed by atoms with E-state index in [0.29, 0.717) is 6.54 Å². The fourth-order valence-electron chi connectivity index (χ4n) is 2.81. The Balaban J connectivity index is 1.93. The number of nitrogens with one attached hydrogen (secondary N) is 1. The topological polar surface area (TPSA) is 57.1 Å². The summed E-state index contributed by atoms with van der Waals surface area (Å²) >= 11 is 3.53. The number of rotatable bonds is 1. The first-order valence-corrected chi connectivity index (χ1v) is 8.04. The molecule has 1 amide bonds. The largest absolute Gasteiger partial charge is 0.317 e. The molecule has 1 N–H and O–H groups in total. The molecule has 6 heteroatoms. The molecule has 4 rings (SSSR count). The SMILES string of the molecule is O=C1CN2C(=NN1)CN=C(c1ccccc1)c1cc(Br)ccc12. The van der Waals surface area contributed by atoms with Crippen molar-refractivity contribution >= 4 is 39.1 Å². The molecule has 2 aromatic carbocycles. The van der Waals surface area contributed by atoms with Gasteiger partial charge in [0.1, 0.15) is 6.54 Å². The highest BCUT2D eigenvalue weighted by Gasteiger charge is 2.28. The number of hydrogen-bond donors (Lipinski definition) is 1. The van der Waals surface area contributed by atoms with E-state index in [9.17, 15) is 4.79 Å². The highest BCUT2D eigenvalue weighted by molar-refractivity contribution is 9.10. The molecule has 2 heterocycles. The Labute approximate surface area is 141 Å². The summed E-state index contributed by atoms with van der Waals surface area (Å²) in [7, 11) is 0. The first kappa shape index (κ1) is 14.1. The van der Waals surface area contributed by atoms with Crippen molar-refractivity contribution in [3.63, 3.8) is 0 Å². The third kappa shape index (κ3) is 2.55. The van der Waals surface area contributed by atoms with Crippen LogP contribution in [0.15, 0.2) is 63.1 Å². The van der Waals surface area contributed by atoms with Crippen molar-refractivity contribution in [3.05, 3.63) is 64.1 Å². The van der Waals surface area contributed by atoms with Crippen molar-refractivity contribution < 1.29 is 4.79 Å². The molecular formula is C17H13BrN4O. The van der Waals surface area contributed by atoms with Crippen LogP contribution in [0.2, 0.25) is 0 Å². The van der Waals surface area contributed by atoms with Crippen LogP contribution in [0.4, 0.5) is 5.69 Å². The van der Waals surface area contributed by atoms with Gasteiger partial charge in [0.05, 0.1) is 17.9 Å². The van der Waals surface area contributed by atoms with E-state index in [1.54, 1.807) is 0 Å². The van der Waals surface area contributed by atoms with Crippen molar-refractivity contribution in [2.45, 2.75) is 0 Å². The first-order chi connectivity index (χ1) is 11.2. The Kier molecular flexibility index (Phi) is 3.46. The van der Waals surface area contributed by atoms with Crippen LogP contribution in [0, 0.1) is 0 Å². The maximum Gasteiger partial charge on any atom is 0.260 e. The second-order valence-electron chi connectivity index (χ2n) is 5.34. The average Bonchev–Trinajstić information content (AvgIpc) is 2.72. The monoisotopic (exact) mass is 368 g/mol. The number of hydrogen-bond acceptors (Lipinski definition) is 4. The second-order valence-corrected chi connectivity index (χ2v) is 6.26. The van der Waals surface area contributed by atoms with Gasteiger partial charge in [-0.3, -0.25) is 9.79 Å². The van der Waals surface area contributed by atoms with Crippen LogP contribution in [-0.2, 0) is 4.79 Å². The highest BCUT2D eigenvalue weighted by Crippen LogP contribution is 2.30. The number of benzene rings is 2. The van der Waals surface area contributed by atoms with Crippen molar-refractivity contribution in [1.82, 2.24) is 5.43 Å². The first-order valence-electron chi connectivity index (χ1n) is 7.25. The maximum atomic E-state index is 11.8. The van der Waals surface area contributed by atoms with Crippen LogP contribution in [0.25, 0.3) is 0 Å². The van der Waals surface area contributed by atoms with Crippen LogP contribution < -0.4 is 10.3 Å². The molecule has 23 heavy (non-hydrogen) atoms. The van der Waals surface area contributed by atoms with E-state index in [2.05, 4.69) is 26.5 Å². The Morgan fingerprint density at radius 3 is 2.78 bits per heavy atom. The van der Waals surface area contributed by atoms with E-state index in [1.807, 2.05) is 53.4 Å². The number of nitrogens with zero attached hydrogens (tertiary/aromatic N) is 3. The third-order valence-electron chi connectivity index (χ3n) is 3.85. The molecular weight excluding hydrogens is 356 g/mol. The lowest BCUT2D eigenvalue weighted by molar-refractivity contribution is -0.119. The van der Waals surface area contributed by atoms with Gasteiger partial charge in [-0.15, -0.1) is 0 Å². The molecule has 0 radical (unpaired) electrons. The lowest BCUT2D eigenvalue weighted by Crippen LogP contribution is -2.46. The van der Waals surface area contributed by atoms with Crippen molar-refractivity contribution in [2.24, 2.45) is 10.1 Å². The summed E-state index contributed by atoms with van der Waals surface area (Å²) in [4.78, 5) is 18.4. The van der Waals surface area contributed by atoms with Crippen LogP contribution in [0.1, 0.15) is 11.1 Å². The fraction of sp³-hybridized carbons (Fsp3) is 0.118. The molecule has 0 saturated heterocycles. The van der Waals surface area contributed by atoms with Crippen molar-refractivity contribution in [2.75, 3.05) is 18.0 Å². The minimum atomic E-state index is -0.120. The Morgan fingerprint density at radius 2 is 1.96 bits per heavy atom. The number of halogens is 1. The normalized spacial score (nSPS) is 16.6. The number of carbonyl (C=O) groups excluding carboxylic acids is 1. The van der Waals surface area contributed by atoms with Gasteiger partial charge in [-0.05, 0) is 18.2 Å². The minimum Gasteiger partial charge on any atom is -0.317 e. The predicted octanol–water partition coefficient (Wildman–Crippen LogP) is 2.55. The molecule has 2 aromatic rings. The number of aliphatic imine (C=N–C) groups is 1. The van der Waals surface area contributed by atoms with Crippen LogP contribution in [-0.4, -0.2) is 30.5 Å². The average molecular weight is 369 g/mol. The molecule has 0 spiro atoms. The standard InChI is InChI=1S/C17H13BrN4O/c18-12-6-7-14-13(8-12)17(11-4-2-1-3-5-11)19-9-15-20-21-16(23)10-22(14)15/h1-8H,9-10H2,(H,21,23). The molecule has 5 nitrogen and oxygen atoms in total. The zero-order chi connectivity index (χ0) is 15.8. The van der Waals surface area contributed by atoms with Crippen LogP contribution >= 0.6 is 15.9 Å². The predicted molar refractivity (Wildman–Crippen MR) is 94.0 cm³/mol. The Morgan fingerprint density at radius 1 is 1.13 bits per heavy atom. The minimum absolute atomic E-state index is 0.120. The van der Waals surface area contributed by atoms with Gasteiger partial charge in [-0.1, -0.05) is 46.3 Å². The Hall–Kier alpha value is -2.47. The van der Waals surface area contributed by atoms with Gasteiger partial charge < -0.3 is 4.90 Å². The van der Waals surface area contributed by atoms with E-state index in [-0.39, 0.29) is 12.5 Å². The summed E-state index contributed by atoms with van der Waals surface area (Å²) in [6.07, 6.45) is 0. The molecule has 0 fully saturated rings. The number of amidine groups is 1. The summed E-state index contributed by atoms with van der Waals surface area (Å²) in [5.41, 5.74) is 6.43. The van der Waals surface area contributed by atoms with E-state index < -0.39 is 0 Å². The molecule has 2 aliphatic heterocycles. The van der Waals surface area contributed by atoms with Gasteiger partial charge in [-0.25, -0.2) is 5.43 Å². The van der Waals surface area contributed by atoms with Gasteiger partial charge in [0.15, 0.2) is 5.84 Å². The summed E-state index contributed by atoms with van der Waals surface area (Å²) < 4.78 is 0.974. The quantitative estimate of drug-likeness (QED) is 0.840. The van der Waals surface area contributed by atoms with Crippen LogP contribution in [0.3, 0.4) is 0 Å². The summed E-state index contributed by atoms with van der Waals surface area (Å²) in [6, 6.07) is 16.1. The zero-order valence-corrected chi connectivity index (χ0v) is 13.7. The van der Waals surface area contributed by atoms with Gasteiger partial charge in [0.25, 0.3) is 5.91 Å². The van der Waals surface area contributed by atoms with Crippen LogP contribution in [0.5, 0.6) is 0 Å². The van der Waals surface area contributed by atoms with E-state index >= 15 is 0 Å². The van der Waals surface area contributed by atoms with Gasteiger partial charge in [0.2, 0.25) is 0 Å². The number of fused-ring (bicyclic) bond motifs is 3. The summed E-state index contributed by atoms with van der Waals surface area (Å²) in [5, 5.41) is 4.17. The maximum absolute atomic E-state index is 11.8. The summed E-state index contributed by atoms with van der Waals surface area (Å²) in [6.45, 7) is 0.682. The number of anilines is 1. The van der Waals surface area contributed by atoms with Crippen molar-refractivity contribution in [1.29, 1.82) is 0 Å². The smallest absolute Gasteiger partial charge is 0.260 e. The lowest BCUT2D eigenvalue weighted by atomic mass is 10.0.